The summed E-state index contributed by atoms with van der Waals surface area (Å²) >= 11 is 0. The number of carbonyl (C=O) groups excluding carboxylic acids is 3. The van der Waals surface area contributed by atoms with Crippen molar-refractivity contribution in [1.29, 1.82) is 0 Å². The van der Waals surface area contributed by atoms with Gasteiger partial charge in [-0.2, -0.15) is 0 Å². The monoisotopic (exact) mass is 633 g/mol. The number of hydrogen-bond donors (Lipinski definition) is 1. The van der Waals surface area contributed by atoms with E-state index in [9.17, 15) is 24.3 Å². The first kappa shape index (κ1) is 31.5. The molecular weight excluding hydrogens is 594 g/mol. The number of benzene rings is 1. The van der Waals surface area contributed by atoms with Crippen molar-refractivity contribution >= 4 is 29.1 Å². The van der Waals surface area contributed by atoms with Crippen molar-refractivity contribution in [2.24, 2.45) is 0 Å². The molecule has 0 spiro atoms. The molecule has 244 valence electrons. The number of ether oxygens (including phenoxy) is 3. The van der Waals surface area contributed by atoms with Crippen molar-refractivity contribution in [2.75, 3.05) is 40.3 Å². The second-order valence-corrected chi connectivity index (χ2v) is 13.3. The number of rotatable bonds is 4. The Bertz CT molecular complexity index is 1820. The quantitative estimate of drug-likeness (QED) is 0.333. The summed E-state index contributed by atoms with van der Waals surface area (Å²) in [6.07, 6.45) is -0.855. The fourth-order valence-electron chi connectivity index (χ4n) is 6.22. The van der Waals surface area contributed by atoms with Crippen LogP contribution in [0, 0.1) is 0 Å². The molecule has 2 amide bonds. The highest BCUT2D eigenvalue weighted by Gasteiger charge is 2.45. The van der Waals surface area contributed by atoms with E-state index in [0.717, 1.165) is 16.5 Å². The van der Waals surface area contributed by atoms with Crippen LogP contribution < -0.4 is 10.3 Å². The van der Waals surface area contributed by atoms with Gasteiger partial charge in [0.25, 0.3) is 5.56 Å². The van der Waals surface area contributed by atoms with Crippen LogP contribution in [-0.2, 0) is 39.6 Å². The van der Waals surface area contributed by atoms with Crippen molar-refractivity contribution < 1.29 is 33.7 Å². The number of esters is 1. The summed E-state index contributed by atoms with van der Waals surface area (Å²) in [6.45, 7) is 8.91. The van der Waals surface area contributed by atoms with E-state index < -0.39 is 29.4 Å². The lowest BCUT2D eigenvalue weighted by atomic mass is 9.86. The average Bonchev–Trinajstić information content (AvgIpc) is 3.36. The standard InChI is InChI=1S/C33H39N5O8/c1-7-33(43)23-15-25-27-19(16-38(25)28(39)22(23)18-44-29(33)40)14-20-21(17-35(5)6)26(9-8-24(20)34-27)45-30(41)36-10-12-37(13-11-36)31(42)46-32(2,3)4/h8-9,14-15,43H,7,10-13,16-18H2,1-6H3. The van der Waals surface area contributed by atoms with Crippen molar-refractivity contribution in [1.82, 2.24) is 24.3 Å². The Morgan fingerprint density at radius 1 is 1.07 bits per heavy atom. The molecule has 1 saturated heterocycles. The predicted molar refractivity (Wildman–Crippen MR) is 167 cm³/mol. The molecule has 3 aliphatic rings. The highest BCUT2D eigenvalue weighted by molar-refractivity contribution is 5.90. The van der Waals surface area contributed by atoms with Crippen molar-refractivity contribution in [2.45, 2.75) is 65.0 Å². The highest BCUT2D eigenvalue weighted by Crippen LogP contribution is 2.40. The van der Waals surface area contributed by atoms with E-state index in [1.54, 1.807) is 39.5 Å². The maximum absolute atomic E-state index is 13.6. The first-order valence-corrected chi connectivity index (χ1v) is 15.4. The number of aromatic nitrogens is 2. The van der Waals surface area contributed by atoms with Gasteiger partial charge in [-0.05, 0) is 65.6 Å². The van der Waals surface area contributed by atoms with Crippen LogP contribution in [0.3, 0.4) is 0 Å². The smallest absolute Gasteiger partial charge is 0.415 e. The van der Waals surface area contributed by atoms with Gasteiger partial charge < -0.3 is 38.6 Å². The number of nitrogens with zero attached hydrogens (tertiary/aromatic N) is 5. The van der Waals surface area contributed by atoms with Crippen LogP contribution in [0.1, 0.15) is 56.4 Å². The normalized spacial score (nSPS) is 19.1. The van der Waals surface area contributed by atoms with Crippen LogP contribution in [-0.4, -0.2) is 93.4 Å². The zero-order chi connectivity index (χ0) is 33.1. The van der Waals surface area contributed by atoms with Gasteiger partial charge >= 0.3 is 18.2 Å². The van der Waals surface area contributed by atoms with Crippen molar-refractivity contribution in [3.05, 3.63) is 56.9 Å². The van der Waals surface area contributed by atoms with E-state index in [1.165, 1.54) is 0 Å². The number of cyclic esters (lactones) is 1. The maximum atomic E-state index is 13.6. The van der Waals surface area contributed by atoms with E-state index in [2.05, 4.69) is 0 Å². The molecular formula is C33H39N5O8. The summed E-state index contributed by atoms with van der Waals surface area (Å²) in [7, 11) is 3.83. The summed E-state index contributed by atoms with van der Waals surface area (Å²) in [4.78, 5) is 61.9. The summed E-state index contributed by atoms with van der Waals surface area (Å²) in [6, 6.07) is 7.14. The Labute approximate surface area is 266 Å². The molecule has 1 fully saturated rings. The first-order valence-electron chi connectivity index (χ1n) is 15.4. The predicted octanol–water partition coefficient (Wildman–Crippen LogP) is 3.19. The lowest BCUT2D eigenvalue weighted by Crippen LogP contribution is -2.52. The number of aliphatic hydroxyl groups is 1. The second kappa shape index (κ2) is 11.4. The van der Waals surface area contributed by atoms with Gasteiger partial charge in [0.2, 0.25) is 0 Å². The van der Waals surface area contributed by atoms with Gasteiger partial charge in [0, 0.05) is 54.8 Å². The largest absolute Gasteiger partial charge is 0.458 e. The number of carbonyl (C=O) groups is 3. The summed E-state index contributed by atoms with van der Waals surface area (Å²) in [5.41, 5.74) is 1.01. The Kier molecular flexibility index (Phi) is 7.80. The van der Waals surface area contributed by atoms with Crippen LogP contribution in [0.25, 0.3) is 22.3 Å². The fraction of sp³-hybridized carbons (Fsp3) is 0.485. The highest BCUT2D eigenvalue weighted by atomic mass is 16.6. The van der Waals surface area contributed by atoms with E-state index >= 15 is 0 Å². The third kappa shape index (κ3) is 5.47. The van der Waals surface area contributed by atoms with Gasteiger partial charge in [-0.1, -0.05) is 6.92 Å². The number of fused-ring (bicyclic) bond motifs is 5. The average molecular weight is 634 g/mol. The van der Waals surface area contributed by atoms with E-state index in [4.69, 9.17) is 19.2 Å². The van der Waals surface area contributed by atoms with E-state index in [-0.39, 0.29) is 36.3 Å². The molecule has 1 aromatic carbocycles. The lowest BCUT2D eigenvalue weighted by molar-refractivity contribution is -0.172. The zero-order valence-electron chi connectivity index (χ0n) is 27.0. The molecule has 5 heterocycles. The first-order chi connectivity index (χ1) is 21.7. The van der Waals surface area contributed by atoms with Gasteiger partial charge in [0.05, 0.1) is 29.0 Å². The minimum Gasteiger partial charge on any atom is -0.458 e. The molecule has 0 bridgehead atoms. The minimum absolute atomic E-state index is 0.0640. The number of pyridine rings is 2. The van der Waals surface area contributed by atoms with Gasteiger partial charge in [-0.3, -0.25) is 4.79 Å². The summed E-state index contributed by atoms with van der Waals surface area (Å²) in [5.74, 6) is -0.369. The Balaban J connectivity index is 1.30. The van der Waals surface area contributed by atoms with E-state index in [1.807, 2.05) is 45.8 Å². The third-order valence-electron chi connectivity index (χ3n) is 8.62. The van der Waals surface area contributed by atoms with Crippen LogP contribution in [0.5, 0.6) is 5.75 Å². The topological polar surface area (TPSA) is 144 Å². The summed E-state index contributed by atoms with van der Waals surface area (Å²) < 4.78 is 18.2. The molecule has 0 aliphatic carbocycles. The lowest BCUT2D eigenvalue weighted by Gasteiger charge is -2.35. The SMILES string of the molecule is CCC1(O)C(=O)OCc2c1cc1n(c2=O)Cc2cc3c(CN(C)C)c(OC(=O)N4CCN(C(=O)OC(C)(C)C)CC4)ccc3nc2-1. The molecule has 6 rings (SSSR count). The number of amides is 2. The molecule has 13 heteroatoms. The number of hydrogen-bond acceptors (Lipinski definition) is 10. The molecule has 0 radical (unpaired) electrons. The van der Waals surface area contributed by atoms with Gasteiger partial charge in [0.1, 0.15) is 18.0 Å². The molecule has 1 N–H and O–H groups in total. The molecule has 46 heavy (non-hydrogen) atoms. The zero-order valence-corrected chi connectivity index (χ0v) is 27.0. The van der Waals surface area contributed by atoms with Crippen molar-refractivity contribution in [3.63, 3.8) is 0 Å². The number of piperazine rings is 1. The van der Waals surface area contributed by atoms with Crippen molar-refractivity contribution in [3.8, 4) is 17.1 Å². The van der Waals surface area contributed by atoms with Gasteiger partial charge in [-0.15, -0.1) is 0 Å². The Hall–Kier alpha value is -4.49. The molecule has 0 saturated carbocycles. The van der Waals surface area contributed by atoms with E-state index in [0.29, 0.717) is 55.4 Å². The molecule has 3 aliphatic heterocycles. The maximum Gasteiger partial charge on any atom is 0.415 e. The fourth-order valence-corrected chi connectivity index (χ4v) is 6.22. The van der Waals surface area contributed by atoms with Gasteiger partial charge in [0.15, 0.2) is 5.60 Å². The van der Waals surface area contributed by atoms with Gasteiger partial charge in [-0.25, -0.2) is 19.4 Å². The van der Waals surface area contributed by atoms with Crippen LogP contribution in [0.4, 0.5) is 9.59 Å². The Morgan fingerprint density at radius 2 is 1.74 bits per heavy atom. The summed E-state index contributed by atoms with van der Waals surface area (Å²) in [5, 5.41) is 11.9. The van der Waals surface area contributed by atoms with Crippen LogP contribution in [0.2, 0.25) is 0 Å². The molecule has 3 aromatic rings. The molecule has 1 unspecified atom stereocenters. The van der Waals surface area contributed by atoms with Crippen LogP contribution in [0.15, 0.2) is 29.1 Å². The minimum atomic E-state index is -1.90. The molecule has 1 atom stereocenters. The molecule has 2 aromatic heterocycles. The third-order valence-corrected chi connectivity index (χ3v) is 8.62. The van der Waals surface area contributed by atoms with Crippen LogP contribution >= 0.6 is 0 Å². The Morgan fingerprint density at radius 3 is 2.37 bits per heavy atom. The molecule has 13 nitrogen and oxygen atoms in total. The second-order valence-electron chi connectivity index (χ2n) is 13.3.